The Morgan fingerprint density at radius 2 is 2.11 bits per heavy atom. The lowest BCUT2D eigenvalue weighted by atomic mass is 10.1. The highest BCUT2D eigenvalue weighted by atomic mass is 16.6. The summed E-state index contributed by atoms with van der Waals surface area (Å²) in [6, 6.07) is 5.92. The normalized spacial score (nSPS) is 15.5. The lowest BCUT2D eigenvalue weighted by molar-refractivity contribution is -0.383. The summed E-state index contributed by atoms with van der Waals surface area (Å²) in [6.45, 7) is 2.62. The maximum Gasteiger partial charge on any atom is 0.315 e. The Bertz CT molecular complexity index is 456. The summed E-state index contributed by atoms with van der Waals surface area (Å²) in [6.07, 6.45) is 4.68. The number of nitrogens with zero attached hydrogens (tertiary/aromatic N) is 2. The van der Waals surface area contributed by atoms with E-state index in [1.54, 1.807) is 6.07 Å². The van der Waals surface area contributed by atoms with Gasteiger partial charge in [-0.1, -0.05) is 18.9 Å². The van der Waals surface area contributed by atoms with Crippen LogP contribution in [-0.4, -0.2) is 24.6 Å². The smallest absolute Gasteiger partial charge is 0.315 e. The van der Waals surface area contributed by atoms with Crippen molar-refractivity contribution in [3.8, 4) is 0 Å². The van der Waals surface area contributed by atoms with E-state index in [2.05, 4.69) is 10.2 Å². The fourth-order valence-electron chi connectivity index (χ4n) is 2.83. The van der Waals surface area contributed by atoms with E-state index in [4.69, 9.17) is 0 Å². The van der Waals surface area contributed by atoms with Crippen LogP contribution in [0.15, 0.2) is 18.2 Å². The number of nitrogens with one attached hydrogen (secondary N) is 1. The predicted molar refractivity (Wildman–Crippen MR) is 77.9 cm³/mol. The third-order valence-electron chi connectivity index (χ3n) is 3.82. The van der Waals surface area contributed by atoms with Gasteiger partial charge in [0.25, 0.3) is 0 Å². The zero-order valence-corrected chi connectivity index (χ0v) is 11.6. The highest BCUT2D eigenvalue weighted by Gasteiger charge is 2.27. The van der Waals surface area contributed by atoms with E-state index in [1.165, 1.54) is 12.8 Å². The van der Waals surface area contributed by atoms with Gasteiger partial charge in [-0.05, 0) is 31.9 Å². The van der Waals surface area contributed by atoms with Crippen LogP contribution >= 0.6 is 0 Å². The molecule has 19 heavy (non-hydrogen) atoms. The Morgan fingerprint density at radius 3 is 2.68 bits per heavy atom. The fourth-order valence-corrected chi connectivity index (χ4v) is 2.83. The molecule has 1 fully saturated rings. The number of nitro groups is 1. The minimum absolute atomic E-state index is 0.193. The summed E-state index contributed by atoms with van der Waals surface area (Å²) < 4.78 is 0. The Labute approximate surface area is 113 Å². The molecule has 0 amide bonds. The van der Waals surface area contributed by atoms with E-state index in [-0.39, 0.29) is 10.6 Å². The van der Waals surface area contributed by atoms with Gasteiger partial charge >= 0.3 is 5.69 Å². The summed E-state index contributed by atoms with van der Waals surface area (Å²) in [5, 5.41) is 14.5. The number of rotatable bonds is 5. The number of anilines is 2. The summed E-state index contributed by atoms with van der Waals surface area (Å²) >= 11 is 0. The first-order valence-corrected chi connectivity index (χ1v) is 6.89. The summed E-state index contributed by atoms with van der Waals surface area (Å²) in [5.41, 5.74) is 1.52. The van der Waals surface area contributed by atoms with Crippen LogP contribution in [0.2, 0.25) is 0 Å². The van der Waals surface area contributed by atoms with Gasteiger partial charge in [-0.3, -0.25) is 10.1 Å². The molecule has 0 aliphatic heterocycles. The van der Waals surface area contributed by atoms with Crippen LogP contribution in [-0.2, 0) is 0 Å². The lowest BCUT2D eigenvalue weighted by Crippen LogP contribution is -2.29. The topological polar surface area (TPSA) is 58.4 Å². The second-order valence-corrected chi connectivity index (χ2v) is 5.01. The van der Waals surface area contributed by atoms with Crippen molar-refractivity contribution in [2.24, 2.45) is 0 Å². The first kappa shape index (κ1) is 13.6. The summed E-state index contributed by atoms with van der Waals surface area (Å²) in [5.74, 6) is 0. The number of hydrogen-bond donors (Lipinski definition) is 1. The number of nitro benzene ring substituents is 1. The standard InChI is InChI=1S/C14H21N3O2/c1-3-15-12-9-6-10-13(14(12)17(18)19)16(2)11-7-4-5-8-11/h6,9-11,15H,3-5,7-8H2,1-2H3. The number of benzene rings is 1. The largest absolute Gasteiger partial charge is 0.380 e. The van der Waals surface area contributed by atoms with Crippen molar-refractivity contribution in [1.29, 1.82) is 0 Å². The average molecular weight is 263 g/mol. The fraction of sp³-hybridized carbons (Fsp3) is 0.571. The molecular formula is C14H21N3O2. The monoisotopic (exact) mass is 263 g/mol. The first-order valence-electron chi connectivity index (χ1n) is 6.89. The van der Waals surface area contributed by atoms with Crippen molar-refractivity contribution >= 4 is 17.1 Å². The van der Waals surface area contributed by atoms with E-state index in [1.807, 2.05) is 26.1 Å². The molecule has 0 aromatic heterocycles. The molecule has 5 heteroatoms. The van der Waals surface area contributed by atoms with Gasteiger partial charge < -0.3 is 10.2 Å². The third kappa shape index (κ3) is 2.80. The molecule has 0 heterocycles. The van der Waals surface area contributed by atoms with Crippen molar-refractivity contribution in [3.05, 3.63) is 28.3 Å². The summed E-state index contributed by atoms with van der Waals surface area (Å²) in [7, 11) is 1.97. The molecule has 1 aliphatic carbocycles. The average Bonchev–Trinajstić information content (AvgIpc) is 2.91. The van der Waals surface area contributed by atoms with Gasteiger partial charge in [-0.2, -0.15) is 0 Å². The molecular weight excluding hydrogens is 242 g/mol. The van der Waals surface area contributed by atoms with Gasteiger partial charge in [0.05, 0.1) is 4.92 Å². The molecule has 0 spiro atoms. The molecule has 0 radical (unpaired) electrons. The van der Waals surface area contributed by atoms with E-state index in [0.29, 0.717) is 18.3 Å². The molecule has 1 aliphatic rings. The Morgan fingerprint density at radius 1 is 1.42 bits per heavy atom. The van der Waals surface area contributed by atoms with Gasteiger partial charge in [-0.25, -0.2) is 0 Å². The van der Waals surface area contributed by atoms with E-state index in [0.717, 1.165) is 18.5 Å². The van der Waals surface area contributed by atoms with Crippen LogP contribution < -0.4 is 10.2 Å². The van der Waals surface area contributed by atoms with Crippen molar-refractivity contribution in [2.75, 3.05) is 23.8 Å². The molecule has 1 aromatic carbocycles. The third-order valence-corrected chi connectivity index (χ3v) is 3.82. The van der Waals surface area contributed by atoms with Gasteiger partial charge in [-0.15, -0.1) is 0 Å². The van der Waals surface area contributed by atoms with Crippen molar-refractivity contribution in [1.82, 2.24) is 0 Å². The molecule has 0 atom stereocenters. The van der Waals surface area contributed by atoms with Crippen molar-refractivity contribution < 1.29 is 4.92 Å². The summed E-state index contributed by atoms with van der Waals surface area (Å²) in [4.78, 5) is 13.2. The van der Waals surface area contributed by atoms with Crippen LogP contribution in [0.25, 0.3) is 0 Å². The number of hydrogen-bond acceptors (Lipinski definition) is 4. The van der Waals surface area contributed by atoms with Crippen LogP contribution in [0.4, 0.5) is 17.1 Å². The van der Waals surface area contributed by atoms with Crippen molar-refractivity contribution in [2.45, 2.75) is 38.6 Å². The van der Waals surface area contributed by atoms with Crippen LogP contribution in [0.1, 0.15) is 32.6 Å². The van der Waals surface area contributed by atoms with Crippen LogP contribution in [0.3, 0.4) is 0 Å². The molecule has 104 valence electrons. The zero-order valence-electron chi connectivity index (χ0n) is 11.6. The van der Waals surface area contributed by atoms with E-state index < -0.39 is 0 Å². The Kier molecular flexibility index (Phi) is 4.24. The second-order valence-electron chi connectivity index (χ2n) is 5.01. The molecule has 0 unspecified atom stereocenters. The minimum atomic E-state index is -0.279. The molecule has 1 aromatic rings. The van der Waals surface area contributed by atoms with Crippen LogP contribution in [0.5, 0.6) is 0 Å². The molecule has 5 nitrogen and oxygen atoms in total. The molecule has 0 saturated heterocycles. The number of para-hydroxylation sites is 1. The highest BCUT2D eigenvalue weighted by Crippen LogP contribution is 2.37. The van der Waals surface area contributed by atoms with Gasteiger partial charge in [0.1, 0.15) is 11.4 Å². The van der Waals surface area contributed by atoms with E-state index in [9.17, 15) is 10.1 Å². The predicted octanol–water partition coefficient (Wildman–Crippen LogP) is 3.41. The molecule has 2 rings (SSSR count). The van der Waals surface area contributed by atoms with Crippen molar-refractivity contribution in [3.63, 3.8) is 0 Å². The minimum Gasteiger partial charge on any atom is -0.380 e. The Hall–Kier alpha value is -1.78. The SMILES string of the molecule is CCNc1cccc(N(C)C2CCCC2)c1[N+](=O)[O-]. The molecule has 1 saturated carbocycles. The maximum absolute atomic E-state index is 11.4. The van der Waals surface area contributed by atoms with Gasteiger partial charge in [0.2, 0.25) is 0 Å². The second kappa shape index (κ2) is 5.91. The maximum atomic E-state index is 11.4. The molecule has 1 N–H and O–H groups in total. The van der Waals surface area contributed by atoms with Gasteiger partial charge in [0.15, 0.2) is 0 Å². The molecule has 0 bridgehead atoms. The lowest BCUT2D eigenvalue weighted by Gasteiger charge is -2.26. The van der Waals surface area contributed by atoms with Gasteiger partial charge in [0, 0.05) is 19.6 Å². The zero-order chi connectivity index (χ0) is 13.8. The Balaban J connectivity index is 2.37. The quantitative estimate of drug-likeness (QED) is 0.653. The van der Waals surface area contributed by atoms with E-state index >= 15 is 0 Å². The highest BCUT2D eigenvalue weighted by molar-refractivity contribution is 5.77. The van der Waals surface area contributed by atoms with Crippen LogP contribution in [0, 0.1) is 10.1 Å². The first-order chi connectivity index (χ1) is 9.15.